The smallest absolute Gasteiger partial charge is 0.269 e. The molecule has 2 aromatic rings. The fourth-order valence-electron chi connectivity index (χ4n) is 2.78. The molecule has 0 saturated heterocycles. The summed E-state index contributed by atoms with van der Waals surface area (Å²) in [6.45, 7) is 3.77. The van der Waals surface area contributed by atoms with Crippen molar-refractivity contribution in [1.29, 1.82) is 0 Å². The summed E-state index contributed by atoms with van der Waals surface area (Å²) in [6, 6.07) is 11.2. The second-order valence-corrected chi connectivity index (χ2v) is 7.78. The van der Waals surface area contributed by atoms with Gasteiger partial charge in [0.1, 0.15) is 22.9 Å². The molecule has 24 heavy (non-hydrogen) atoms. The van der Waals surface area contributed by atoms with Crippen LogP contribution in [0.1, 0.15) is 30.5 Å². The Morgan fingerprint density at radius 3 is 2.42 bits per heavy atom. The van der Waals surface area contributed by atoms with Gasteiger partial charge in [-0.1, -0.05) is 24.3 Å². The van der Waals surface area contributed by atoms with Crippen LogP contribution in [0.4, 0.5) is 4.39 Å². The second-order valence-electron chi connectivity index (χ2n) is 6.33. The summed E-state index contributed by atoms with van der Waals surface area (Å²) in [6.07, 6.45) is 1.95. The Morgan fingerprint density at radius 1 is 1.12 bits per heavy atom. The van der Waals surface area contributed by atoms with E-state index in [0.717, 1.165) is 16.7 Å². The predicted octanol–water partition coefficient (Wildman–Crippen LogP) is 3.82. The first-order chi connectivity index (χ1) is 11.1. The maximum Gasteiger partial charge on any atom is 0.269 e. The van der Waals surface area contributed by atoms with Crippen LogP contribution in [0.3, 0.4) is 0 Å². The molecule has 0 bridgehead atoms. The van der Waals surface area contributed by atoms with Gasteiger partial charge in [-0.2, -0.15) is 8.42 Å². The highest BCUT2D eigenvalue weighted by atomic mass is 32.2. The molecule has 0 spiro atoms. The molecule has 6 heteroatoms. The Hall–Kier alpha value is -2.18. The Labute approximate surface area is 140 Å². The summed E-state index contributed by atoms with van der Waals surface area (Å²) in [7, 11) is -4.11. The van der Waals surface area contributed by atoms with Gasteiger partial charge in [0, 0.05) is 5.56 Å². The monoisotopic (exact) mass is 348 g/mol. The quantitative estimate of drug-likeness (QED) is 0.857. The molecule has 126 valence electrons. The highest BCUT2D eigenvalue weighted by Gasteiger charge is 2.27. The molecule has 0 saturated carbocycles. The van der Waals surface area contributed by atoms with Crippen LogP contribution in [0.15, 0.2) is 48.5 Å². The maximum atomic E-state index is 13.2. The molecule has 0 radical (unpaired) electrons. The molecule has 0 amide bonds. The van der Waals surface area contributed by atoms with E-state index >= 15 is 0 Å². The van der Waals surface area contributed by atoms with Crippen LogP contribution in [-0.4, -0.2) is 18.6 Å². The lowest BCUT2D eigenvalue weighted by atomic mass is 9.89. The lowest BCUT2D eigenvalue weighted by Gasteiger charge is -2.31. The summed E-state index contributed by atoms with van der Waals surface area (Å²) in [4.78, 5) is 0. The topological polar surface area (TPSA) is 63.6 Å². The SMILES string of the molecule is CC1(C)C=C(c2ccc(F)cc2)c2ccc(CS(=O)(=O)O)cc2O1. The normalized spacial score (nSPS) is 16.1. The fourth-order valence-corrected chi connectivity index (χ4v) is 3.38. The van der Waals surface area contributed by atoms with E-state index < -0.39 is 21.5 Å². The van der Waals surface area contributed by atoms with Gasteiger partial charge in [0.15, 0.2) is 0 Å². The van der Waals surface area contributed by atoms with Gasteiger partial charge in [0.05, 0.1) is 0 Å². The molecule has 0 atom stereocenters. The molecule has 1 N–H and O–H groups in total. The zero-order valence-corrected chi connectivity index (χ0v) is 14.1. The van der Waals surface area contributed by atoms with Crippen molar-refractivity contribution >= 4 is 15.7 Å². The van der Waals surface area contributed by atoms with Crippen LogP contribution in [-0.2, 0) is 15.9 Å². The Balaban J connectivity index is 2.09. The lowest BCUT2D eigenvalue weighted by molar-refractivity contribution is 0.158. The first kappa shape index (κ1) is 16.7. The van der Waals surface area contributed by atoms with Crippen molar-refractivity contribution < 1.29 is 22.1 Å². The summed E-state index contributed by atoms with van der Waals surface area (Å²) in [5.41, 5.74) is 2.36. The molecular formula is C18H17FO4S. The summed E-state index contributed by atoms with van der Waals surface area (Å²) in [5.74, 6) is -0.253. The minimum absolute atomic E-state index is 0.311. The third-order valence-electron chi connectivity index (χ3n) is 3.71. The summed E-state index contributed by atoms with van der Waals surface area (Å²) >= 11 is 0. The highest BCUT2D eigenvalue weighted by Crippen LogP contribution is 2.40. The molecule has 0 fully saturated rings. The van der Waals surface area contributed by atoms with Crippen molar-refractivity contribution in [2.45, 2.75) is 25.2 Å². The van der Waals surface area contributed by atoms with Crippen molar-refractivity contribution in [3.05, 3.63) is 71.0 Å². The van der Waals surface area contributed by atoms with Crippen LogP contribution in [0.2, 0.25) is 0 Å². The van der Waals surface area contributed by atoms with Gasteiger partial charge in [0.25, 0.3) is 10.1 Å². The molecule has 1 heterocycles. The first-order valence-electron chi connectivity index (χ1n) is 7.39. The molecular weight excluding hydrogens is 331 g/mol. The number of rotatable bonds is 3. The van der Waals surface area contributed by atoms with E-state index in [4.69, 9.17) is 9.29 Å². The van der Waals surface area contributed by atoms with Gasteiger partial charge in [0.2, 0.25) is 0 Å². The van der Waals surface area contributed by atoms with Gasteiger partial charge in [-0.25, -0.2) is 4.39 Å². The standard InChI is InChI=1S/C18H17FO4S/c1-18(2)10-16(13-4-6-14(19)7-5-13)15-8-3-12(9-17(15)23-18)11-24(20,21)22/h3-10H,11H2,1-2H3,(H,20,21,22). The summed E-state index contributed by atoms with van der Waals surface area (Å²) in [5, 5.41) is 0. The zero-order valence-electron chi connectivity index (χ0n) is 13.3. The Kier molecular flexibility index (Phi) is 3.97. The third kappa shape index (κ3) is 3.66. The second kappa shape index (κ2) is 5.72. The number of halogens is 1. The number of fused-ring (bicyclic) bond motifs is 1. The number of benzene rings is 2. The fraction of sp³-hybridized carbons (Fsp3) is 0.222. The zero-order chi connectivity index (χ0) is 17.5. The van der Waals surface area contributed by atoms with E-state index in [2.05, 4.69) is 0 Å². The molecule has 1 aliphatic rings. The average molecular weight is 348 g/mol. The number of ether oxygens (including phenoxy) is 1. The maximum absolute atomic E-state index is 13.2. The predicted molar refractivity (Wildman–Crippen MR) is 89.9 cm³/mol. The Morgan fingerprint density at radius 2 is 1.79 bits per heavy atom. The van der Waals surface area contributed by atoms with Gasteiger partial charge in [-0.05, 0) is 54.8 Å². The van der Waals surface area contributed by atoms with E-state index in [1.807, 2.05) is 19.9 Å². The molecule has 3 rings (SSSR count). The largest absolute Gasteiger partial charge is 0.483 e. The van der Waals surface area contributed by atoms with Crippen molar-refractivity contribution in [1.82, 2.24) is 0 Å². The van der Waals surface area contributed by atoms with E-state index in [1.54, 1.807) is 30.3 Å². The molecule has 2 aromatic carbocycles. The molecule has 0 aliphatic carbocycles. The van der Waals surface area contributed by atoms with E-state index in [0.29, 0.717) is 11.3 Å². The van der Waals surface area contributed by atoms with E-state index in [1.165, 1.54) is 12.1 Å². The number of hydrogen-bond acceptors (Lipinski definition) is 3. The van der Waals surface area contributed by atoms with Gasteiger partial charge < -0.3 is 4.74 Å². The van der Waals surface area contributed by atoms with Crippen molar-refractivity contribution in [3.63, 3.8) is 0 Å². The van der Waals surface area contributed by atoms with Crippen molar-refractivity contribution in [3.8, 4) is 5.75 Å². The molecule has 0 aromatic heterocycles. The van der Waals surface area contributed by atoms with Gasteiger partial charge in [-0.3, -0.25) is 4.55 Å². The van der Waals surface area contributed by atoms with Crippen LogP contribution in [0, 0.1) is 5.82 Å². The summed E-state index contributed by atoms with van der Waals surface area (Å²) < 4.78 is 50.3. The molecule has 1 aliphatic heterocycles. The van der Waals surface area contributed by atoms with Crippen LogP contribution in [0.5, 0.6) is 5.75 Å². The minimum Gasteiger partial charge on any atom is -0.483 e. The molecule has 0 unspecified atom stereocenters. The van der Waals surface area contributed by atoms with E-state index in [9.17, 15) is 12.8 Å². The Bertz CT molecular complexity index is 913. The lowest BCUT2D eigenvalue weighted by Crippen LogP contribution is -2.29. The average Bonchev–Trinajstić information content (AvgIpc) is 2.44. The van der Waals surface area contributed by atoms with Crippen LogP contribution >= 0.6 is 0 Å². The first-order valence-corrected chi connectivity index (χ1v) is 9.00. The van der Waals surface area contributed by atoms with Crippen molar-refractivity contribution in [2.75, 3.05) is 0 Å². The van der Waals surface area contributed by atoms with Gasteiger partial charge in [-0.15, -0.1) is 0 Å². The number of hydrogen-bond donors (Lipinski definition) is 1. The molecule has 4 nitrogen and oxygen atoms in total. The third-order valence-corrected chi connectivity index (χ3v) is 4.40. The van der Waals surface area contributed by atoms with Crippen LogP contribution < -0.4 is 4.74 Å². The van der Waals surface area contributed by atoms with Gasteiger partial charge >= 0.3 is 0 Å². The minimum atomic E-state index is -4.11. The van der Waals surface area contributed by atoms with E-state index in [-0.39, 0.29) is 5.82 Å². The highest BCUT2D eigenvalue weighted by molar-refractivity contribution is 7.85. The van der Waals surface area contributed by atoms with Crippen LogP contribution in [0.25, 0.3) is 5.57 Å². The van der Waals surface area contributed by atoms with Crippen molar-refractivity contribution in [2.24, 2.45) is 0 Å².